The van der Waals surface area contributed by atoms with Gasteiger partial charge in [-0.25, -0.2) is 18.7 Å². The summed E-state index contributed by atoms with van der Waals surface area (Å²) in [7, 11) is -2.14. The van der Waals surface area contributed by atoms with Gasteiger partial charge in [-0.05, 0) is 43.7 Å². The van der Waals surface area contributed by atoms with E-state index >= 15 is 0 Å². The Morgan fingerprint density at radius 3 is 2.79 bits per heavy atom. The van der Waals surface area contributed by atoms with E-state index in [9.17, 15) is 17.8 Å². The van der Waals surface area contributed by atoms with Crippen molar-refractivity contribution in [3.8, 4) is 11.5 Å². The molecule has 10 nitrogen and oxygen atoms in total. The number of benzene rings is 1. The number of amides is 1. The Labute approximate surface area is 248 Å². The minimum atomic E-state index is -2.14. The first-order valence-corrected chi connectivity index (χ1v) is 15.3. The second kappa shape index (κ2) is 11.0. The summed E-state index contributed by atoms with van der Waals surface area (Å²) in [6.45, 7) is 4.22. The van der Waals surface area contributed by atoms with Crippen molar-refractivity contribution in [2.75, 3.05) is 36.1 Å². The number of nitrogens with one attached hydrogen (secondary N) is 1. The first kappa shape index (κ1) is 27.4. The molecule has 0 radical (unpaired) electrons. The van der Waals surface area contributed by atoms with Gasteiger partial charge >= 0.3 is 0 Å². The summed E-state index contributed by atoms with van der Waals surface area (Å²) in [5, 5.41) is 3.52. The zero-order valence-electron chi connectivity index (χ0n) is 23.3. The van der Waals surface area contributed by atoms with Crippen LogP contribution in [0.25, 0.3) is 10.9 Å². The number of carbonyl (C=O) groups excluding carboxylic acids is 1. The molecule has 0 saturated carbocycles. The number of fused-ring (bicyclic) bond motifs is 3. The quantitative estimate of drug-likeness (QED) is 0.353. The van der Waals surface area contributed by atoms with Gasteiger partial charge in [0.25, 0.3) is 5.91 Å². The van der Waals surface area contributed by atoms with E-state index in [1.807, 2.05) is 29.3 Å². The Morgan fingerprint density at radius 2 is 1.98 bits per heavy atom. The highest BCUT2D eigenvalue weighted by atomic mass is 32.2. The lowest BCUT2D eigenvalue weighted by Gasteiger charge is -2.41. The molecule has 0 spiro atoms. The molecule has 3 atom stereocenters. The molecule has 13 heteroatoms. The number of aromatic nitrogens is 3. The predicted octanol–water partition coefficient (Wildman–Crippen LogP) is 4.41. The summed E-state index contributed by atoms with van der Waals surface area (Å²) in [6, 6.07) is 10.3. The third-order valence-electron chi connectivity index (χ3n) is 7.93. The molecule has 222 valence electrons. The largest absolute Gasteiger partial charge is 0.489 e. The first-order chi connectivity index (χ1) is 20.9. The van der Waals surface area contributed by atoms with Gasteiger partial charge in [0.15, 0.2) is 28.6 Å². The molecule has 3 aromatic heterocycles. The Kier molecular flexibility index (Phi) is 7.04. The van der Waals surface area contributed by atoms with Crippen LogP contribution in [0.1, 0.15) is 35.8 Å². The standard InChI is InChI=1S/C30H28F2N6O4S/c1-17-4-6-37(17)21-13-24-29(34-16-21)38(7-9-41-24)27-3-2-18-14-33-20(12-23(18)36-27)15-35-30(39)19-10-22(31)28-25(11-19)43(40)26(32)5-8-42-28/h2-3,10-14,16-17,26H,4-9,15H2,1H3,(H,35,39). The van der Waals surface area contributed by atoms with E-state index in [-0.39, 0.29) is 35.8 Å². The zero-order valence-corrected chi connectivity index (χ0v) is 24.1. The topological polar surface area (TPSA) is 110 Å². The van der Waals surface area contributed by atoms with Crippen LogP contribution < -0.4 is 24.6 Å². The molecule has 3 aliphatic heterocycles. The van der Waals surface area contributed by atoms with Crippen LogP contribution in [0.2, 0.25) is 0 Å². The van der Waals surface area contributed by atoms with Crippen LogP contribution in [-0.2, 0) is 17.3 Å². The van der Waals surface area contributed by atoms with Crippen molar-refractivity contribution >= 4 is 44.9 Å². The van der Waals surface area contributed by atoms with Gasteiger partial charge in [-0.2, -0.15) is 0 Å². The van der Waals surface area contributed by atoms with Crippen LogP contribution in [0.3, 0.4) is 0 Å². The van der Waals surface area contributed by atoms with Gasteiger partial charge in [-0.1, -0.05) is 0 Å². The predicted molar refractivity (Wildman–Crippen MR) is 157 cm³/mol. The van der Waals surface area contributed by atoms with Crippen molar-refractivity contribution in [3.63, 3.8) is 0 Å². The number of rotatable bonds is 5. The lowest BCUT2D eigenvalue weighted by Crippen LogP contribution is -2.45. The van der Waals surface area contributed by atoms with Crippen molar-refractivity contribution in [2.24, 2.45) is 0 Å². The molecule has 0 aliphatic carbocycles. The van der Waals surface area contributed by atoms with Gasteiger partial charge < -0.3 is 24.6 Å². The van der Waals surface area contributed by atoms with Gasteiger partial charge in [0.2, 0.25) is 0 Å². The van der Waals surface area contributed by atoms with E-state index in [0.717, 1.165) is 35.9 Å². The van der Waals surface area contributed by atoms with Crippen LogP contribution >= 0.6 is 0 Å². The van der Waals surface area contributed by atoms with Crippen LogP contribution in [0.15, 0.2) is 53.7 Å². The Morgan fingerprint density at radius 1 is 1.09 bits per heavy atom. The Balaban J connectivity index is 1.10. The summed E-state index contributed by atoms with van der Waals surface area (Å²) >= 11 is 0. The third-order valence-corrected chi connectivity index (χ3v) is 9.37. The highest BCUT2D eigenvalue weighted by Gasteiger charge is 2.30. The summed E-state index contributed by atoms with van der Waals surface area (Å²) in [5.74, 6) is 0.362. The maximum absolute atomic E-state index is 14.7. The van der Waals surface area contributed by atoms with Gasteiger partial charge in [-0.15, -0.1) is 0 Å². The fourth-order valence-electron chi connectivity index (χ4n) is 5.42. The normalized spacial score (nSPS) is 21.1. The number of hydrogen-bond acceptors (Lipinski definition) is 9. The lowest BCUT2D eigenvalue weighted by molar-refractivity contribution is 0.0949. The number of anilines is 3. The molecule has 3 aliphatic rings. The summed E-state index contributed by atoms with van der Waals surface area (Å²) in [5.41, 5.74) is 0.462. The molecule has 1 N–H and O–H groups in total. The van der Waals surface area contributed by atoms with Crippen molar-refractivity contribution in [1.82, 2.24) is 20.3 Å². The average molecular weight is 607 g/mol. The van der Waals surface area contributed by atoms with Gasteiger partial charge in [0.05, 0.1) is 58.5 Å². The Hall–Kier alpha value is -4.39. The van der Waals surface area contributed by atoms with Crippen molar-refractivity contribution in [3.05, 3.63) is 65.9 Å². The zero-order chi connectivity index (χ0) is 29.7. The van der Waals surface area contributed by atoms with E-state index in [0.29, 0.717) is 42.0 Å². The molecular weight excluding hydrogens is 578 g/mol. The minimum Gasteiger partial charge on any atom is -0.489 e. The molecule has 0 bridgehead atoms. The number of nitrogens with zero attached hydrogens (tertiary/aromatic N) is 5. The molecule has 1 saturated heterocycles. The van der Waals surface area contributed by atoms with Gasteiger partial charge in [0, 0.05) is 42.2 Å². The molecule has 3 unspecified atom stereocenters. The second-order valence-electron chi connectivity index (χ2n) is 10.7. The van der Waals surface area contributed by atoms with Crippen LogP contribution in [-0.4, -0.2) is 62.9 Å². The number of pyridine rings is 3. The third kappa shape index (κ3) is 5.11. The number of ether oxygens (including phenoxy) is 2. The molecular formula is C30H28F2N6O4S. The van der Waals surface area contributed by atoms with E-state index in [1.54, 1.807) is 12.3 Å². The summed E-state index contributed by atoms with van der Waals surface area (Å²) < 4.78 is 52.5. The number of alkyl halides is 1. The molecule has 4 aromatic rings. The van der Waals surface area contributed by atoms with Gasteiger partial charge in [0.1, 0.15) is 12.4 Å². The fourth-order valence-corrected chi connectivity index (χ4v) is 6.59. The van der Waals surface area contributed by atoms with Crippen molar-refractivity contribution < 1.29 is 27.3 Å². The highest BCUT2D eigenvalue weighted by molar-refractivity contribution is 7.85. The molecule has 7 rings (SSSR count). The van der Waals surface area contributed by atoms with Crippen LogP contribution in [0.5, 0.6) is 11.5 Å². The summed E-state index contributed by atoms with van der Waals surface area (Å²) in [6.07, 6.45) is 4.58. The van der Waals surface area contributed by atoms with E-state index in [1.165, 1.54) is 6.07 Å². The number of hydrogen-bond donors (Lipinski definition) is 1. The van der Waals surface area contributed by atoms with Crippen LogP contribution in [0, 0.1) is 5.82 Å². The van der Waals surface area contributed by atoms with Gasteiger partial charge in [-0.3, -0.25) is 14.0 Å². The molecule has 43 heavy (non-hydrogen) atoms. The van der Waals surface area contributed by atoms with E-state index < -0.39 is 28.0 Å². The second-order valence-corrected chi connectivity index (χ2v) is 12.2. The molecule has 1 amide bonds. The molecule has 6 heterocycles. The lowest BCUT2D eigenvalue weighted by atomic mass is 10.0. The summed E-state index contributed by atoms with van der Waals surface area (Å²) in [4.78, 5) is 31.1. The number of carbonyl (C=O) groups is 1. The van der Waals surface area contributed by atoms with Crippen molar-refractivity contribution in [2.45, 2.75) is 42.8 Å². The number of halogens is 2. The minimum absolute atomic E-state index is 0.0321. The average Bonchev–Trinajstić information content (AvgIpc) is 3.16. The molecule has 1 fully saturated rings. The van der Waals surface area contributed by atoms with E-state index in [4.69, 9.17) is 19.4 Å². The fraction of sp³-hybridized carbons (Fsp3) is 0.333. The molecule has 1 aromatic carbocycles. The monoisotopic (exact) mass is 606 g/mol. The van der Waals surface area contributed by atoms with Crippen LogP contribution in [0.4, 0.5) is 26.1 Å². The Bertz CT molecular complexity index is 1770. The highest BCUT2D eigenvalue weighted by Crippen LogP contribution is 2.38. The SMILES string of the molecule is CC1CCN1c1cnc2c(c1)OCCN2c1ccc2cnc(CNC(=O)c3cc(F)c4c(c3)S(=O)C(F)CCO4)cc2n1. The van der Waals surface area contributed by atoms with Crippen molar-refractivity contribution in [1.29, 1.82) is 0 Å². The first-order valence-electron chi connectivity index (χ1n) is 14.1. The smallest absolute Gasteiger partial charge is 0.251 e. The maximum Gasteiger partial charge on any atom is 0.251 e. The maximum atomic E-state index is 14.7. The van der Waals surface area contributed by atoms with E-state index in [2.05, 4.69) is 22.1 Å².